The summed E-state index contributed by atoms with van der Waals surface area (Å²) in [6.07, 6.45) is 3.04. The molecule has 1 aromatic carbocycles. The molecule has 0 aliphatic carbocycles. The summed E-state index contributed by atoms with van der Waals surface area (Å²) in [5, 5.41) is 16.3. The molecule has 164 valence electrons. The van der Waals surface area contributed by atoms with Crippen LogP contribution in [0.15, 0.2) is 36.7 Å². The van der Waals surface area contributed by atoms with Crippen molar-refractivity contribution >= 4 is 39.2 Å². The molecular formula is C23H28N4O3S. The van der Waals surface area contributed by atoms with Gasteiger partial charge in [-0.15, -0.1) is 11.3 Å². The quantitative estimate of drug-likeness (QED) is 0.402. The number of benzene rings is 1. The van der Waals surface area contributed by atoms with Crippen molar-refractivity contribution in [2.75, 3.05) is 11.9 Å². The molecule has 0 bridgehead atoms. The van der Waals surface area contributed by atoms with Gasteiger partial charge < -0.3 is 15.7 Å². The molecule has 0 aliphatic heterocycles. The molecule has 1 amide bonds. The van der Waals surface area contributed by atoms with Gasteiger partial charge in [-0.25, -0.2) is 14.8 Å². The Morgan fingerprint density at radius 3 is 2.61 bits per heavy atom. The Kier molecular flexibility index (Phi) is 7.57. The van der Waals surface area contributed by atoms with Crippen LogP contribution in [0.25, 0.3) is 21.3 Å². The van der Waals surface area contributed by atoms with Crippen molar-refractivity contribution in [2.45, 2.75) is 46.1 Å². The largest absolute Gasteiger partial charge is 0.480 e. The average Bonchev–Trinajstić information content (AvgIpc) is 3.11. The van der Waals surface area contributed by atoms with Crippen molar-refractivity contribution in [3.8, 4) is 11.1 Å². The number of nitrogens with zero attached hydrogens (tertiary/aromatic N) is 2. The van der Waals surface area contributed by atoms with Gasteiger partial charge in [0, 0.05) is 23.4 Å². The van der Waals surface area contributed by atoms with E-state index in [1.807, 2.05) is 32.0 Å². The van der Waals surface area contributed by atoms with Crippen LogP contribution in [0.1, 0.15) is 38.0 Å². The smallest absolute Gasteiger partial charge is 0.326 e. The number of rotatable bonds is 10. The highest BCUT2D eigenvalue weighted by Gasteiger charge is 2.25. The number of carbonyl (C=O) groups is 2. The molecule has 2 unspecified atom stereocenters. The van der Waals surface area contributed by atoms with Gasteiger partial charge in [-0.3, -0.25) is 4.79 Å². The highest BCUT2D eigenvalue weighted by Crippen LogP contribution is 2.40. The summed E-state index contributed by atoms with van der Waals surface area (Å²) in [6.45, 7) is 6.37. The van der Waals surface area contributed by atoms with E-state index >= 15 is 0 Å². The average molecular weight is 441 g/mol. The number of aryl methyl sites for hydroxylation is 1. The maximum Gasteiger partial charge on any atom is 0.326 e. The van der Waals surface area contributed by atoms with Crippen molar-refractivity contribution in [1.29, 1.82) is 0 Å². The number of aromatic nitrogens is 2. The number of carboxylic acids is 1. The number of fused-ring (bicyclic) bond motifs is 1. The summed E-state index contributed by atoms with van der Waals surface area (Å²) >= 11 is 1.64. The molecular weight excluding hydrogens is 412 g/mol. The molecule has 3 aromatic rings. The highest BCUT2D eigenvalue weighted by molar-refractivity contribution is 7.19. The van der Waals surface area contributed by atoms with Crippen LogP contribution in [-0.2, 0) is 9.59 Å². The topological polar surface area (TPSA) is 104 Å². The third-order valence-electron chi connectivity index (χ3n) is 5.40. The molecule has 2 heterocycles. The maximum absolute atomic E-state index is 12.2. The lowest BCUT2D eigenvalue weighted by molar-refractivity contribution is -0.143. The first-order chi connectivity index (χ1) is 14.9. The second-order valence-corrected chi connectivity index (χ2v) is 8.80. The Morgan fingerprint density at radius 2 is 1.94 bits per heavy atom. The predicted molar refractivity (Wildman–Crippen MR) is 124 cm³/mol. The van der Waals surface area contributed by atoms with E-state index in [1.165, 1.54) is 4.88 Å². The van der Waals surface area contributed by atoms with E-state index in [2.05, 4.69) is 39.7 Å². The highest BCUT2D eigenvalue weighted by atomic mass is 32.1. The van der Waals surface area contributed by atoms with Crippen LogP contribution in [0.4, 0.5) is 5.82 Å². The van der Waals surface area contributed by atoms with Crippen molar-refractivity contribution in [2.24, 2.45) is 5.92 Å². The Labute approximate surface area is 185 Å². The fraction of sp³-hybridized carbons (Fsp3) is 0.391. The number of aliphatic carboxylic acids is 1. The van der Waals surface area contributed by atoms with Crippen molar-refractivity contribution in [3.63, 3.8) is 0 Å². The summed E-state index contributed by atoms with van der Waals surface area (Å²) in [7, 11) is 0. The van der Waals surface area contributed by atoms with E-state index in [9.17, 15) is 14.7 Å². The van der Waals surface area contributed by atoms with Gasteiger partial charge in [-0.1, -0.05) is 50.6 Å². The van der Waals surface area contributed by atoms with E-state index in [-0.39, 0.29) is 18.2 Å². The number of hydrogen-bond donors (Lipinski definition) is 3. The second-order valence-electron chi connectivity index (χ2n) is 7.60. The number of amides is 1. The Morgan fingerprint density at radius 1 is 1.19 bits per heavy atom. The molecule has 0 saturated heterocycles. The third-order valence-corrected chi connectivity index (χ3v) is 6.41. The number of anilines is 1. The Balaban J connectivity index is 1.66. The van der Waals surface area contributed by atoms with Gasteiger partial charge in [-0.2, -0.15) is 0 Å². The molecule has 7 nitrogen and oxygen atoms in total. The van der Waals surface area contributed by atoms with Gasteiger partial charge in [0.15, 0.2) is 0 Å². The van der Waals surface area contributed by atoms with Crippen LogP contribution in [0.5, 0.6) is 0 Å². The fourth-order valence-corrected chi connectivity index (χ4v) is 4.53. The standard InChI is InChI=1S/C23H28N4O3S/c1-4-14(2)20(23(29)30)27-17(28)11-8-12-24-21-19-18(16-9-6-5-7-10-16)15(3)31-22(19)26-13-25-21/h5-7,9-10,13-14,20H,4,8,11-12H2,1-3H3,(H,27,28)(H,29,30)(H,24,25,26). The first kappa shape index (κ1) is 22.7. The van der Waals surface area contributed by atoms with Gasteiger partial charge in [0.05, 0.1) is 5.39 Å². The normalized spacial score (nSPS) is 13.0. The van der Waals surface area contributed by atoms with Crippen LogP contribution < -0.4 is 10.6 Å². The fourth-order valence-electron chi connectivity index (χ4n) is 3.52. The number of thiophene rings is 1. The summed E-state index contributed by atoms with van der Waals surface area (Å²) in [6, 6.07) is 9.31. The maximum atomic E-state index is 12.2. The van der Waals surface area contributed by atoms with Crippen LogP contribution in [0.3, 0.4) is 0 Å². The number of hydrogen-bond acceptors (Lipinski definition) is 6. The molecule has 2 aromatic heterocycles. The third kappa shape index (κ3) is 5.38. The molecule has 3 rings (SSSR count). The Hall–Kier alpha value is -3.00. The molecule has 2 atom stereocenters. The Bertz CT molecular complexity index is 1050. The van der Waals surface area contributed by atoms with Gasteiger partial charge >= 0.3 is 5.97 Å². The zero-order valence-corrected chi connectivity index (χ0v) is 18.8. The van der Waals surface area contributed by atoms with Crippen LogP contribution in [-0.4, -0.2) is 39.5 Å². The lowest BCUT2D eigenvalue weighted by atomic mass is 9.99. The zero-order valence-electron chi connectivity index (χ0n) is 18.0. The predicted octanol–water partition coefficient (Wildman–Crippen LogP) is 4.47. The molecule has 0 saturated carbocycles. The van der Waals surface area contributed by atoms with Crippen molar-refractivity contribution in [1.82, 2.24) is 15.3 Å². The van der Waals surface area contributed by atoms with E-state index in [0.29, 0.717) is 19.4 Å². The SMILES string of the molecule is CCC(C)C(NC(=O)CCCNc1ncnc2sc(C)c(-c3ccccc3)c12)C(=O)O. The molecule has 0 aliphatic rings. The lowest BCUT2D eigenvalue weighted by Gasteiger charge is -2.20. The molecule has 0 radical (unpaired) electrons. The number of carbonyl (C=O) groups excluding carboxylic acids is 1. The number of carboxylic acid groups (broad SMARTS) is 1. The van der Waals surface area contributed by atoms with E-state index in [1.54, 1.807) is 17.7 Å². The molecule has 0 fully saturated rings. The second kappa shape index (κ2) is 10.3. The number of nitrogens with one attached hydrogen (secondary N) is 2. The van der Waals surface area contributed by atoms with Crippen LogP contribution in [0.2, 0.25) is 0 Å². The minimum Gasteiger partial charge on any atom is -0.480 e. The van der Waals surface area contributed by atoms with Crippen molar-refractivity contribution < 1.29 is 14.7 Å². The first-order valence-electron chi connectivity index (χ1n) is 10.5. The first-order valence-corrected chi connectivity index (χ1v) is 11.3. The van der Waals surface area contributed by atoms with Crippen LogP contribution in [0, 0.1) is 12.8 Å². The van der Waals surface area contributed by atoms with E-state index in [4.69, 9.17) is 0 Å². The van der Waals surface area contributed by atoms with E-state index in [0.717, 1.165) is 27.2 Å². The summed E-state index contributed by atoms with van der Waals surface area (Å²) in [4.78, 5) is 34.6. The van der Waals surface area contributed by atoms with Crippen molar-refractivity contribution in [3.05, 3.63) is 41.5 Å². The molecule has 31 heavy (non-hydrogen) atoms. The van der Waals surface area contributed by atoms with Gasteiger partial charge in [0.2, 0.25) is 5.91 Å². The summed E-state index contributed by atoms with van der Waals surface area (Å²) in [5.74, 6) is -0.618. The van der Waals surface area contributed by atoms with E-state index < -0.39 is 12.0 Å². The molecule has 0 spiro atoms. The summed E-state index contributed by atoms with van der Waals surface area (Å²) in [5.41, 5.74) is 2.24. The minimum absolute atomic E-state index is 0.118. The molecule has 3 N–H and O–H groups in total. The lowest BCUT2D eigenvalue weighted by Crippen LogP contribution is -2.45. The minimum atomic E-state index is -0.995. The van der Waals surface area contributed by atoms with Gasteiger partial charge in [-0.05, 0) is 24.8 Å². The van der Waals surface area contributed by atoms with Crippen LogP contribution >= 0.6 is 11.3 Å². The zero-order chi connectivity index (χ0) is 22.4. The summed E-state index contributed by atoms with van der Waals surface area (Å²) < 4.78 is 0. The monoisotopic (exact) mass is 440 g/mol. The van der Waals surface area contributed by atoms with Gasteiger partial charge in [0.1, 0.15) is 23.0 Å². The molecule has 8 heteroatoms. The van der Waals surface area contributed by atoms with Gasteiger partial charge in [0.25, 0.3) is 0 Å².